The van der Waals surface area contributed by atoms with Gasteiger partial charge in [-0.1, -0.05) is 18.2 Å². The second-order valence-corrected chi connectivity index (χ2v) is 7.58. The van der Waals surface area contributed by atoms with Gasteiger partial charge in [-0.3, -0.25) is 14.7 Å². The highest BCUT2D eigenvalue weighted by Crippen LogP contribution is 2.30. The van der Waals surface area contributed by atoms with Crippen LogP contribution in [0.4, 0.5) is 0 Å². The first-order valence-corrected chi connectivity index (χ1v) is 9.53. The molecular formula is C21H22N4O2. The van der Waals surface area contributed by atoms with Gasteiger partial charge < -0.3 is 9.32 Å². The molecule has 6 nitrogen and oxygen atoms in total. The van der Waals surface area contributed by atoms with E-state index >= 15 is 0 Å². The monoisotopic (exact) mass is 362 g/mol. The average Bonchev–Trinajstić information content (AvgIpc) is 2.89. The van der Waals surface area contributed by atoms with Crippen molar-refractivity contribution in [3.05, 3.63) is 60.4 Å². The molecule has 3 aliphatic rings. The maximum Gasteiger partial charge on any atom is 0.274 e. The number of fused-ring (bicyclic) bond motifs is 5. The van der Waals surface area contributed by atoms with Crippen molar-refractivity contribution in [2.75, 3.05) is 19.6 Å². The average molecular weight is 362 g/mol. The summed E-state index contributed by atoms with van der Waals surface area (Å²) in [4.78, 5) is 25.5. The third-order valence-corrected chi connectivity index (χ3v) is 5.73. The van der Waals surface area contributed by atoms with Gasteiger partial charge in [0, 0.05) is 43.5 Å². The molecule has 6 rings (SSSR count). The Bertz CT molecular complexity index is 922. The summed E-state index contributed by atoms with van der Waals surface area (Å²) in [6.07, 6.45) is 7.02. The quantitative estimate of drug-likeness (QED) is 0.717. The third-order valence-electron chi connectivity index (χ3n) is 5.73. The van der Waals surface area contributed by atoms with Gasteiger partial charge in [0.05, 0.1) is 12.7 Å². The molecular weight excluding hydrogens is 340 g/mol. The smallest absolute Gasteiger partial charge is 0.274 e. The first-order valence-electron chi connectivity index (χ1n) is 9.53. The summed E-state index contributed by atoms with van der Waals surface area (Å²) in [6.45, 7) is 3.34. The number of aromatic nitrogens is 2. The number of benzene rings is 1. The van der Waals surface area contributed by atoms with E-state index in [0.29, 0.717) is 17.7 Å². The summed E-state index contributed by atoms with van der Waals surface area (Å²) >= 11 is 0. The number of carbonyl (C=O) groups is 1. The molecule has 0 unspecified atom stereocenters. The number of piperidine rings is 1. The molecule has 2 bridgehead atoms. The normalized spacial score (nSPS) is 22.9. The molecule has 0 spiro atoms. The summed E-state index contributed by atoms with van der Waals surface area (Å²) in [7, 11) is 0. The van der Waals surface area contributed by atoms with Gasteiger partial charge in [-0.2, -0.15) is 0 Å². The van der Waals surface area contributed by atoms with E-state index in [1.807, 2.05) is 23.1 Å². The number of rotatable bonds is 3. The predicted octanol–water partition coefficient (Wildman–Crippen LogP) is 2.96. The van der Waals surface area contributed by atoms with Crippen LogP contribution < -0.4 is 0 Å². The highest BCUT2D eigenvalue weighted by molar-refractivity contribution is 5.92. The van der Waals surface area contributed by atoms with Gasteiger partial charge in [-0.25, -0.2) is 4.98 Å². The minimum Gasteiger partial charge on any atom is -0.460 e. The van der Waals surface area contributed by atoms with Crippen molar-refractivity contribution in [2.45, 2.75) is 25.4 Å². The van der Waals surface area contributed by atoms with Gasteiger partial charge in [-0.15, -0.1) is 0 Å². The summed E-state index contributed by atoms with van der Waals surface area (Å²) in [5, 5.41) is 1.15. The van der Waals surface area contributed by atoms with Crippen molar-refractivity contribution >= 4 is 16.9 Å². The fraction of sp³-hybridized carbons (Fsp3) is 0.381. The van der Waals surface area contributed by atoms with Crippen molar-refractivity contribution in [1.29, 1.82) is 0 Å². The van der Waals surface area contributed by atoms with Gasteiger partial charge in [-0.05, 0) is 30.9 Å². The van der Waals surface area contributed by atoms with E-state index in [0.717, 1.165) is 49.3 Å². The Labute approximate surface area is 157 Å². The Balaban J connectivity index is 1.34. The minimum absolute atomic E-state index is 0.00872. The summed E-state index contributed by atoms with van der Waals surface area (Å²) in [5.74, 6) is 1.48. The highest BCUT2D eigenvalue weighted by Gasteiger charge is 2.37. The number of hydrogen-bond acceptors (Lipinski definition) is 5. The lowest BCUT2D eigenvalue weighted by molar-refractivity contribution is 0.0727. The van der Waals surface area contributed by atoms with Gasteiger partial charge in [0.15, 0.2) is 0 Å². The molecule has 3 aliphatic heterocycles. The molecule has 3 saturated heterocycles. The maximum absolute atomic E-state index is 12.8. The summed E-state index contributed by atoms with van der Waals surface area (Å²) in [6, 6.07) is 10.6. The first-order chi connectivity index (χ1) is 13.3. The van der Waals surface area contributed by atoms with E-state index in [-0.39, 0.29) is 5.91 Å². The van der Waals surface area contributed by atoms with Crippen molar-refractivity contribution in [1.82, 2.24) is 19.8 Å². The van der Waals surface area contributed by atoms with Crippen LogP contribution in [-0.2, 0) is 6.54 Å². The Hall–Kier alpha value is -2.73. The van der Waals surface area contributed by atoms with E-state index < -0.39 is 0 Å². The zero-order chi connectivity index (χ0) is 18.2. The van der Waals surface area contributed by atoms with Crippen LogP contribution >= 0.6 is 0 Å². The third kappa shape index (κ3) is 3.21. The molecule has 27 heavy (non-hydrogen) atoms. The molecule has 2 aromatic heterocycles. The standard InChI is InChI=1S/C21H22N4O2/c26-21(19-10-22-7-8-23-19)25-12-15-5-6-17(13-25)24(11-15)14-18-9-16-3-1-2-4-20(16)27-18/h1-4,7-10,15,17H,5-6,11-14H2/t15-,17-/m1/s1. The Morgan fingerprint density at radius 1 is 1.15 bits per heavy atom. The van der Waals surface area contributed by atoms with Crippen LogP contribution in [-0.4, -0.2) is 51.4 Å². The number of furan rings is 1. The van der Waals surface area contributed by atoms with E-state index in [2.05, 4.69) is 27.0 Å². The van der Waals surface area contributed by atoms with Crippen LogP contribution in [0.1, 0.15) is 29.1 Å². The lowest BCUT2D eigenvalue weighted by Crippen LogP contribution is -2.43. The second kappa shape index (κ2) is 6.78. The van der Waals surface area contributed by atoms with E-state index in [4.69, 9.17) is 4.42 Å². The van der Waals surface area contributed by atoms with Crippen molar-refractivity contribution < 1.29 is 9.21 Å². The molecule has 1 aromatic carbocycles. The molecule has 3 fully saturated rings. The number of nitrogens with zero attached hydrogens (tertiary/aromatic N) is 4. The van der Waals surface area contributed by atoms with Gasteiger partial charge in [0.1, 0.15) is 17.0 Å². The van der Waals surface area contributed by atoms with Crippen molar-refractivity contribution in [3.63, 3.8) is 0 Å². The zero-order valence-electron chi connectivity index (χ0n) is 15.1. The second-order valence-electron chi connectivity index (χ2n) is 7.58. The molecule has 0 aliphatic carbocycles. The van der Waals surface area contributed by atoms with Crippen molar-refractivity contribution in [2.24, 2.45) is 5.92 Å². The molecule has 2 atom stereocenters. The van der Waals surface area contributed by atoms with Gasteiger partial charge >= 0.3 is 0 Å². The van der Waals surface area contributed by atoms with Crippen LogP contribution in [0.25, 0.3) is 11.0 Å². The fourth-order valence-corrected chi connectivity index (χ4v) is 4.42. The van der Waals surface area contributed by atoms with Crippen LogP contribution in [0.2, 0.25) is 0 Å². The van der Waals surface area contributed by atoms with E-state index in [9.17, 15) is 4.79 Å². The molecule has 1 amide bonds. The number of amides is 1. The van der Waals surface area contributed by atoms with Crippen molar-refractivity contribution in [3.8, 4) is 0 Å². The predicted molar refractivity (Wildman–Crippen MR) is 101 cm³/mol. The molecule has 0 radical (unpaired) electrons. The molecule has 0 saturated carbocycles. The topological polar surface area (TPSA) is 62.5 Å². The fourth-order valence-electron chi connectivity index (χ4n) is 4.42. The van der Waals surface area contributed by atoms with Crippen LogP contribution in [0.5, 0.6) is 0 Å². The summed E-state index contributed by atoms with van der Waals surface area (Å²) < 4.78 is 6.02. The van der Waals surface area contributed by atoms with Crippen LogP contribution in [0.3, 0.4) is 0 Å². The molecule has 3 aromatic rings. The zero-order valence-corrected chi connectivity index (χ0v) is 15.1. The molecule has 5 heterocycles. The number of carbonyl (C=O) groups excluding carboxylic acids is 1. The van der Waals surface area contributed by atoms with Crippen LogP contribution in [0, 0.1) is 5.92 Å². The number of hydrogen-bond donors (Lipinski definition) is 0. The Kier molecular flexibility index (Phi) is 4.13. The number of para-hydroxylation sites is 1. The Morgan fingerprint density at radius 2 is 2.07 bits per heavy atom. The van der Waals surface area contributed by atoms with Gasteiger partial charge in [0.2, 0.25) is 0 Å². The molecule has 6 heteroatoms. The van der Waals surface area contributed by atoms with E-state index in [1.165, 1.54) is 6.42 Å². The molecule has 0 N–H and O–H groups in total. The first kappa shape index (κ1) is 16.4. The molecule has 138 valence electrons. The largest absolute Gasteiger partial charge is 0.460 e. The maximum atomic E-state index is 12.8. The van der Waals surface area contributed by atoms with E-state index in [1.54, 1.807) is 18.6 Å². The Morgan fingerprint density at radius 3 is 2.93 bits per heavy atom. The SMILES string of the molecule is O=C(c1cnccn1)N1C[C@@H]2CC[C@H](C1)N(Cc1cc3ccccc3o1)C2. The minimum atomic E-state index is -0.00872. The lowest BCUT2D eigenvalue weighted by atomic mass is 9.95. The van der Waals surface area contributed by atoms with Gasteiger partial charge in [0.25, 0.3) is 5.91 Å². The summed E-state index contributed by atoms with van der Waals surface area (Å²) in [5.41, 5.74) is 1.37. The lowest BCUT2D eigenvalue weighted by Gasteiger charge is -2.35. The highest BCUT2D eigenvalue weighted by atomic mass is 16.3. The van der Waals surface area contributed by atoms with Crippen LogP contribution in [0.15, 0.2) is 53.3 Å².